The second kappa shape index (κ2) is 10.3. The third-order valence-electron chi connectivity index (χ3n) is 5.35. The minimum absolute atomic E-state index is 0.0373. The number of nitro benzene ring substituents is 1. The van der Waals surface area contributed by atoms with Crippen LogP contribution in [0.2, 0.25) is 0 Å². The first kappa shape index (κ1) is 28.0. The Labute approximate surface area is 225 Å². The monoisotopic (exact) mass is 587 g/mol. The summed E-state index contributed by atoms with van der Waals surface area (Å²) >= 11 is 0. The Kier molecular flexibility index (Phi) is 7.18. The van der Waals surface area contributed by atoms with Gasteiger partial charge in [0, 0.05) is 17.8 Å². The Morgan fingerprint density at radius 2 is 1.18 bits per heavy atom. The Balaban J connectivity index is 1.98. The lowest BCUT2D eigenvalue weighted by molar-refractivity contribution is -0.384. The first-order valence-electron chi connectivity index (χ1n) is 10.7. The van der Waals surface area contributed by atoms with E-state index in [9.17, 15) is 41.2 Å². The summed E-state index contributed by atoms with van der Waals surface area (Å²) in [7, 11) is -10.1. The zero-order valence-electron chi connectivity index (χ0n) is 19.8. The van der Waals surface area contributed by atoms with Gasteiger partial charge in [-0.2, -0.15) is 27.1 Å². The van der Waals surface area contributed by atoms with E-state index in [1.54, 1.807) is 0 Å². The van der Waals surface area contributed by atoms with Crippen molar-refractivity contribution in [3.8, 4) is 5.75 Å². The van der Waals surface area contributed by atoms with Gasteiger partial charge in [-0.25, -0.2) is 0 Å². The lowest BCUT2D eigenvalue weighted by Gasteiger charge is -2.14. The van der Waals surface area contributed by atoms with Gasteiger partial charge in [-0.3, -0.25) is 19.2 Å². The highest BCUT2D eigenvalue weighted by Gasteiger charge is 2.28. The lowest BCUT2D eigenvalue weighted by Crippen LogP contribution is -2.03. The van der Waals surface area contributed by atoms with Crippen LogP contribution in [0.4, 0.5) is 39.8 Å². The van der Waals surface area contributed by atoms with Gasteiger partial charge in [0.15, 0.2) is 5.75 Å². The van der Waals surface area contributed by atoms with Gasteiger partial charge >= 0.3 is 0 Å². The standard InChI is InChI=1S/C22H17N7O9S2/c23-12-1-3-13(4-2-12)26-28-21-17(40(36,37)38)10-11-9-16(39(33,34)35)20(19(24)18(11)22(21)30)27-25-14-5-7-15(8-6-14)29(31)32/h1-10,30H,23-24H2,(H,33,34,35)(H,36,37,38). The van der Waals surface area contributed by atoms with Gasteiger partial charge in [0.25, 0.3) is 25.9 Å². The van der Waals surface area contributed by atoms with Gasteiger partial charge < -0.3 is 16.6 Å². The summed E-state index contributed by atoms with van der Waals surface area (Å²) in [6, 6.07) is 12.0. The smallest absolute Gasteiger partial charge is 0.296 e. The fourth-order valence-electron chi connectivity index (χ4n) is 3.50. The highest BCUT2D eigenvalue weighted by atomic mass is 32.2. The molecule has 0 unspecified atom stereocenters. The lowest BCUT2D eigenvalue weighted by atomic mass is 10.1. The molecular formula is C22H17N7O9S2. The Bertz CT molecular complexity index is 1940. The number of nitrogen functional groups attached to an aromatic ring is 2. The number of rotatable bonds is 7. The van der Waals surface area contributed by atoms with Gasteiger partial charge in [0.1, 0.15) is 21.2 Å². The predicted octanol–water partition coefficient (Wildman–Crippen LogP) is 4.94. The molecule has 0 saturated heterocycles. The number of nitro groups is 1. The number of phenolic OH excluding ortho intramolecular Hbond substituents is 1. The molecule has 0 atom stereocenters. The summed E-state index contributed by atoms with van der Waals surface area (Å²) in [6.45, 7) is 0. The van der Waals surface area contributed by atoms with Crippen LogP contribution in [0.5, 0.6) is 5.75 Å². The van der Waals surface area contributed by atoms with Crippen LogP contribution in [-0.4, -0.2) is 36.0 Å². The predicted molar refractivity (Wildman–Crippen MR) is 142 cm³/mol. The number of benzene rings is 4. The maximum Gasteiger partial charge on any atom is 0.296 e. The zero-order valence-corrected chi connectivity index (χ0v) is 21.4. The van der Waals surface area contributed by atoms with E-state index < -0.39 is 57.8 Å². The second-order valence-electron chi connectivity index (χ2n) is 8.02. The van der Waals surface area contributed by atoms with Crippen molar-refractivity contribution in [2.45, 2.75) is 9.79 Å². The fraction of sp³-hybridized carbons (Fsp3) is 0. The van der Waals surface area contributed by atoms with Gasteiger partial charge in [-0.05, 0) is 53.9 Å². The molecule has 4 aromatic carbocycles. The van der Waals surface area contributed by atoms with Crippen molar-refractivity contribution in [1.82, 2.24) is 0 Å². The molecule has 4 rings (SSSR count). The van der Waals surface area contributed by atoms with Gasteiger partial charge in [0.2, 0.25) is 0 Å². The minimum atomic E-state index is -5.06. The van der Waals surface area contributed by atoms with Crippen molar-refractivity contribution >= 4 is 70.8 Å². The molecule has 4 aromatic rings. The molecule has 0 saturated carbocycles. The van der Waals surface area contributed by atoms with E-state index in [4.69, 9.17) is 11.5 Å². The number of azo groups is 2. The highest BCUT2D eigenvalue weighted by Crippen LogP contribution is 2.48. The molecule has 0 amide bonds. The number of hydrogen-bond acceptors (Lipinski definition) is 13. The first-order chi connectivity index (χ1) is 18.7. The number of anilines is 2. The molecule has 0 aromatic heterocycles. The van der Waals surface area contributed by atoms with E-state index >= 15 is 0 Å². The van der Waals surface area contributed by atoms with Crippen LogP contribution in [0, 0.1) is 10.1 Å². The molecule has 40 heavy (non-hydrogen) atoms. The summed E-state index contributed by atoms with van der Waals surface area (Å²) in [5.41, 5.74) is 10.2. The van der Waals surface area contributed by atoms with Crippen LogP contribution in [-0.2, 0) is 20.2 Å². The quantitative estimate of drug-likeness (QED) is 0.0634. The SMILES string of the molecule is Nc1ccc(N=Nc2c(S(=O)(=O)O)cc3cc(S(=O)(=O)O)c(N=Nc4ccc([N+](=O)[O-])cc4)c(N)c3c2O)cc1. The highest BCUT2D eigenvalue weighted by molar-refractivity contribution is 7.86. The summed E-state index contributed by atoms with van der Waals surface area (Å²) in [5.74, 6) is -0.921. The molecule has 0 spiro atoms. The zero-order chi connectivity index (χ0) is 29.4. The number of nitrogens with zero attached hydrogens (tertiary/aromatic N) is 5. The average molecular weight is 588 g/mol. The van der Waals surface area contributed by atoms with Crippen LogP contribution < -0.4 is 11.5 Å². The summed E-state index contributed by atoms with van der Waals surface area (Å²) in [5, 5.41) is 36.3. The third kappa shape index (κ3) is 5.68. The van der Waals surface area contributed by atoms with E-state index in [0.29, 0.717) is 5.69 Å². The third-order valence-corrected chi connectivity index (χ3v) is 7.09. The summed E-state index contributed by atoms with van der Waals surface area (Å²) < 4.78 is 68.1. The first-order valence-corrected chi connectivity index (χ1v) is 13.6. The van der Waals surface area contributed by atoms with Crippen LogP contribution in [0.15, 0.2) is 90.9 Å². The second-order valence-corrected chi connectivity index (χ2v) is 10.8. The van der Waals surface area contributed by atoms with Crippen molar-refractivity contribution in [3.63, 3.8) is 0 Å². The Hall–Kier alpha value is -5.04. The van der Waals surface area contributed by atoms with E-state index in [1.165, 1.54) is 36.4 Å². The molecule has 0 aliphatic carbocycles. The van der Waals surface area contributed by atoms with Crippen LogP contribution in [0.1, 0.15) is 0 Å². The number of non-ortho nitro benzene ring substituents is 1. The van der Waals surface area contributed by atoms with E-state index in [2.05, 4.69) is 20.5 Å². The molecule has 206 valence electrons. The average Bonchev–Trinajstić information content (AvgIpc) is 2.87. The number of aromatic hydroxyl groups is 1. The molecule has 0 aliphatic rings. The molecule has 16 nitrogen and oxygen atoms in total. The fourth-order valence-corrected chi connectivity index (χ4v) is 4.83. The van der Waals surface area contributed by atoms with Gasteiger partial charge in [-0.15, -0.1) is 10.2 Å². The number of hydrogen-bond donors (Lipinski definition) is 5. The van der Waals surface area contributed by atoms with Gasteiger partial charge in [0.05, 0.1) is 27.4 Å². The van der Waals surface area contributed by atoms with E-state index in [0.717, 1.165) is 24.3 Å². The van der Waals surface area contributed by atoms with Crippen LogP contribution in [0.25, 0.3) is 10.8 Å². The van der Waals surface area contributed by atoms with E-state index in [1.807, 2.05) is 0 Å². The molecule has 7 N–H and O–H groups in total. The number of nitrogens with two attached hydrogens (primary N) is 2. The largest absolute Gasteiger partial charge is 0.505 e. The van der Waals surface area contributed by atoms with Gasteiger partial charge in [-0.1, -0.05) is 0 Å². The number of fused-ring (bicyclic) bond motifs is 1. The Morgan fingerprint density at radius 3 is 1.65 bits per heavy atom. The van der Waals surface area contributed by atoms with Crippen molar-refractivity contribution < 1.29 is 36.0 Å². The van der Waals surface area contributed by atoms with E-state index in [-0.39, 0.29) is 27.8 Å². The molecular weight excluding hydrogens is 570 g/mol. The molecule has 0 radical (unpaired) electrons. The Morgan fingerprint density at radius 1 is 0.725 bits per heavy atom. The normalized spacial score (nSPS) is 12.4. The molecule has 18 heteroatoms. The topological polar surface area (TPSA) is 274 Å². The van der Waals surface area contributed by atoms with Crippen molar-refractivity contribution in [2.24, 2.45) is 20.5 Å². The van der Waals surface area contributed by atoms with Crippen molar-refractivity contribution in [2.75, 3.05) is 11.5 Å². The van der Waals surface area contributed by atoms with Crippen LogP contribution in [0.3, 0.4) is 0 Å². The van der Waals surface area contributed by atoms with Crippen LogP contribution >= 0.6 is 0 Å². The molecule has 0 bridgehead atoms. The minimum Gasteiger partial charge on any atom is -0.505 e. The maximum atomic E-state index is 12.1. The molecule has 0 heterocycles. The van der Waals surface area contributed by atoms with Crippen molar-refractivity contribution in [1.29, 1.82) is 0 Å². The molecule has 0 fully saturated rings. The summed E-state index contributed by atoms with van der Waals surface area (Å²) in [4.78, 5) is 8.33. The number of phenols is 1. The molecule has 0 aliphatic heterocycles. The van der Waals surface area contributed by atoms with Crippen molar-refractivity contribution in [3.05, 3.63) is 70.8 Å². The summed E-state index contributed by atoms with van der Waals surface area (Å²) in [6.07, 6.45) is 0. The maximum absolute atomic E-state index is 12.1.